The van der Waals surface area contributed by atoms with Gasteiger partial charge in [0.25, 0.3) is 0 Å². The summed E-state index contributed by atoms with van der Waals surface area (Å²) in [6.45, 7) is 2.16. The lowest BCUT2D eigenvalue weighted by Gasteiger charge is -2.17. The molecule has 0 aliphatic carbocycles. The lowest BCUT2D eigenvalue weighted by atomic mass is 9.91. The van der Waals surface area contributed by atoms with E-state index in [-0.39, 0.29) is 49.1 Å². The zero-order valence-corrected chi connectivity index (χ0v) is 9.98. The quantitative estimate of drug-likeness (QED) is 0.727. The number of rotatable bonds is 4. The topological polar surface area (TPSA) is 97.8 Å². The summed E-state index contributed by atoms with van der Waals surface area (Å²) in [7, 11) is 0. The summed E-state index contributed by atoms with van der Waals surface area (Å²) in [4.78, 5) is 17.8. The van der Waals surface area contributed by atoms with Gasteiger partial charge in [-0.15, -0.1) is 24.8 Å². The number of hydrogen-bond acceptors (Lipinski definition) is 3. The van der Waals surface area contributed by atoms with Crippen LogP contribution in [0.25, 0.3) is 0 Å². The van der Waals surface area contributed by atoms with Crippen LogP contribution in [0.2, 0.25) is 0 Å². The van der Waals surface area contributed by atoms with Gasteiger partial charge in [0.15, 0.2) is 0 Å². The first-order valence-electron chi connectivity index (χ1n) is 4.14. The Morgan fingerprint density at radius 1 is 1.60 bits per heavy atom. The van der Waals surface area contributed by atoms with Gasteiger partial charge in [-0.25, -0.2) is 4.98 Å². The number of aromatic amines is 1. The highest BCUT2D eigenvalue weighted by Crippen LogP contribution is 2.20. The molecule has 0 aliphatic heterocycles. The lowest BCUT2D eigenvalue weighted by Crippen LogP contribution is -2.33. The second-order valence-corrected chi connectivity index (χ2v) is 3.04. The Morgan fingerprint density at radius 3 is 2.53 bits per heavy atom. The molecule has 0 saturated carbocycles. The van der Waals surface area contributed by atoms with Gasteiger partial charge < -0.3 is 16.5 Å². The predicted molar refractivity (Wildman–Crippen MR) is 63.2 cm³/mol. The van der Waals surface area contributed by atoms with Crippen molar-refractivity contribution in [1.29, 1.82) is 0 Å². The monoisotopic (exact) mass is 254 g/mol. The van der Waals surface area contributed by atoms with Crippen molar-refractivity contribution >= 4 is 30.7 Å². The second-order valence-electron chi connectivity index (χ2n) is 3.04. The zero-order valence-electron chi connectivity index (χ0n) is 8.34. The Bertz CT molecular complexity index is 278. The van der Waals surface area contributed by atoms with E-state index in [9.17, 15) is 4.79 Å². The number of amides is 1. The van der Waals surface area contributed by atoms with Crippen molar-refractivity contribution in [1.82, 2.24) is 9.97 Å². The Morgan fingerprint density at radius 2 is 2.20 bits per heavy atom. The molecular weight excluding hydrogens is 239 g/mol. The molecule has 7 heteroatoms. The third kappa shape index (κ3) is 4.07. The minimum atomic E-state index is -0.371. The summed E-state index contributed by atoms with van der Waals surface area (Å²) in [5, 5.41) is 0. The highest BCUT2D eigenvalue weighted by atomic mass is 35.5. The van der Waals surface area contributed by atoms with Crippen molar-refractivity contribution < 1.29 is 4.79 Å². The molecule has 88 valence electrons. The molecule has 15 heavy (non-hydrogen) atoms. The summed E-state index contributed by atoms with van der Waals surface area (Å²) in [6.07, 6.45) is 3.25. The molecule has 5 nitrogen and oxygen atoms in total. The van der Waals surface area contributed by atoms with E-state index in [4.69, 9.17) is 11.5 Å². The van der Waals surface area contributed by atoms with Gasteiger partial charge >= 0.3 is 0 Å². The highest BCUT2D eigenvalue weighted by Gasteiger charge is 2.23. The molecule has 0 spiro atoms. The standard InChI is InChI=1S/C8H14N4O.2ClH/c1-5(6(2-9)8(10)13)7-3-11-4-12-7;;/h3-6H,2,9H2,1H3,(H2,10,13)(H,11,12);2*1H. The molecule has 0 bridgehead atoms. The maximum absolute atomic E-state index is 11.0. The van der Waals surface area contributed by atoms with Crippen LogP contribution >= 0.6 is 24.8 Å². The van der Waals surface area contributed by atoms with E-state index in [0.29, 0.717) is 0 Å². The molecule has 1 aromatic heterocycles. The Kier molecular flexibility index (Phi) is 8.33. The van der Waals surface area contributed by atoms with E-state index in [0.717, 1.165) is 5.69 Å². The first kappa shape index (κ1) is 16.6. The Balaban J connectivity index is 0. The van der Waals surface area contributed by atoms with Crippen LogP contribution in [0.5, 0.6) is 0 Å². The van der Waals surface area contributed by atoms with Gasteiger partial charge in [-0.1, -0.05) is 6.92 Å². The van der Waals surface area contributed by atoms with Crippen LogP contribution < -0.4 is 11.5 Å². The minimum Gasteiger partial charge on any atom is -0.369 e. The normalized spacial score (nSPS) is 13.2. The average Bonchev–Trinajstić information content (AvgIpc) is 2.56. The van der Waals surface area contributed by atoms with E-state index in [2.05, 4.69) is 9.97 Å². The molecule has 0 radical (unpaired) electrons. The summed E-state index contributed by atoms with van der Waals surface area (Å²) < 4.78 is 0. The molecule has 0 fully saturated rings. The van der Waals surface area contributed by atoms with Crippen LogP contribution in [0.1, 0.15) is 18.5 Å². The number of primary amides is 1. The number of carbonyl (C=O) groups is 1. The summed E-state index contributed by atoms with van der Waals surface area (Å²) in [5.41, 5.74) is 11.5. The fraction of sp³-hybridized carbons (Fsp3) is 0.500. The fourth-order valence-electron chi connectivity index (χ4n) is 1.30. The van der Waals surface area contributed by atoms with Crippen molar-refractivity contribution in [2.45, 2.75) is 12.8 Å². The van der Waals surface area contributed by atoms with Crippen molar-refractivity contribution in [3.8, 4) is 0 Å². The van der Waals surface area contributed by atoms with Crippen molar-refractivity contribution in [3.05, 3.63) is 18.2 Å². The molecule has 2 unspecified atom stereocenters. The molecular formula is C8H16Cl2N4O. The predicted octanol–water partition coefficient (Wildman–Crippen LogP) is 0.417. The largest absolute Gasteiger partial charge is 0.369 e. The van der Waals surface area contributed by atoms with Gasteiger partial charge in [-0.2, -0.15) is 0 Å². The molecule has 0 saturated heterocycles. The van der Waals surface area contributed by atoms with E-state index in [1.807, 2.05) is 6.92 Å². The van der Waals surface area contributed by atoms with E-state index < -0.39 is 0 Å². The number of nitrogens with two attached hydrogens (primary N) is 2. The number of aromatic nitrogens is 2. The number of imidazole rings is 1. The number of nitrogens with zero attached hydrogens (tertiary/aromatic N) is 1. The van der Waals surface area contributed by atoms with Gasteiger partial charge in [0, 0.05) is 24.4 Å². The van der Waals surface area contributed by atoms with Crippen LogP contribution in [0.15, 0.2) is 12.5 Å². The molecule has 1 rings (SSSR count). The number of carbonyl (C=O) groups excluding carboxylic acids is 1. The van der Waals surface area contributed by atoms with Crippen LogP contribution in [-0.2, 0) is 4.79 Å². The van der Waals surface area contributed by atoms with Crippen molar-refractivity contribution in [2.24, 2.45) is 17.4 Å². The molecule has 1 aromatic rings. The molecule has 1 amide bonds. The van der Waals surface area contributed by atoms with Gasteiger partial charge in [-0.05, 0) is 0 Å². The third-order valence-electron chi connectivity index (χ3n) is 2.23. The van der Waals surface area contributed by atoms with Gasteiger partial charge in [0.05, 0.1) is 12.2 Å². The Hall–Kier alpha value is -0.780. The maximum atomic E-state index is 11.0. The number of nitrogens with one attached hydrogen (secondary N) is 1. The smallest absolute Gasteiger partial charge is 0.222 e. The number of hydrogen-bond donors (Lipinski definition) is 3. The van der Waals surface area contributed by atoms with Crippen LogP contribution in [-0.4, -0.2) is 22.4 Å². The zero-order chi connectivity index (χ0) is 9.84. The SMILES string of the molecule is CC(c1cnc[nH]1)C(CN)C(N)=O.Cl.Cl. The third-order valence-corrected chi connectivity index (χ3v) is 2.23. The first-order valence-corrected chi connectivity index (χ1v) is 4.14. The summed E-state index contributed by atoms with van der Waals surface area (Å²) in [6, 6.07) is 0. The molecule has 2 atom stereocenters. The molecule has 0 aliphatic rings. The average molecular weight is 255 g/mol. The number of halogens is 2. The Labute approximate surface area is 101 Å². The minimum absolute atomic E-state index is 0. The van der Waals surface area contributed by atoms with Gasteiger partial charge in [0.1, 0.15) is 0 Å². The fourth-order valence-corrected chi connectivity index (χ4v) is 1.30. The molecule has 5 N–H and O–H groups in total. The van der Waals surface area contributed by atoms with Gasteiger partial charge in [0.2, 0.25) is 5.91 Å². The number of H-pyrrole nitrogens is 1. The van der Waals surface area contributed by atoms with Gasteiger partial charge in [-0.3, -0.25) is 4.79 Å². The highest BCUT2D eigenvalue weighted by molar-refractivity contribution is 5.85. The molecule has 1 heterocycles. The van der Waals surface area contributed by atoms with Crippen LogP contribution in [0.4, 0.5) is 0 Å². The summed E-state index contributed by atoms with van der Waals surface area (Å²) in [5.74, 6) is -0.713. The first-order chi connectivity index (χ1) is 6.16. The van der Waals surface area contributed by atoms with Crippen LogP contribution in [0.3, 0.4) is 0 Å². The van der Waals surface area contributed by atoms with Crippen molar-refractivity contribution in [3.63, 3.8) is 0 Å². The van der Waals surface area contributed by atoms with E-state index >= 15 is 0 Å². The van der Waals surface area contributed by atoms with E-state index in [1.165, 1.54) is 0 Å². The van der Waals surface area contributed by atoms with E-state index in [1.54, 1.807) is 12.5 Å². The second kappa shape index (κ2) is 7.50. The lowest BCUT2D eigenvalue weighted by molar-refractivity contribution is -0.122. The van der Waals surface area contributed by atoms with Crippen LogP contribution in [0, 0.1) is 5.92 Å². The summed E-state index contributed by atoms with van der Waals surface area (Å²) >= 11 is 0. The molecule has 0 aromatic carbocycles. The van der Waals surface area contributed by atoms with Crippen molar-refractivity contribution in [2.75, 3.05) is 6.54 Å². The maximum Gasteiger partial charge on any atom is 0.222 e.